The summed E-state index contributed by atoms with van der Waals surface area (Å²) >= 11 is 3.71. The van der Waals surface area contributed by atoms with Gasteiger partial charge in [-0.1, -0.05) is 121 Å². The molecule has 0 N–H and O–H groups in total. The van der Waals surface area contributed by atoms with E-state index in [1.54, 1.807) is 0 Å². The van der Waals surface area contributed by atoms with Crippen LogP contribution in [0.25, 0.3) is 151 Å². The van der Waals surface area contributed by atoms with Gasteiger partial charge in [0.1, 0.15) is 5.52 Å². The predicted octanol–water partition coefficient (Wildman–Crippen LogP) is 19.4. The van der Waals surface area contributed by atoms with Crippen LogP contribution in [0.3, 0.4) is 0 Å². The fourth-order valence-electron chi connectivity index (χ4n) is 11.5. The Kier molecular flexibility index (Phi) is 8.75. The maximum absolute atomic E-state index is 6.83. The number of thiophene rings is 2. The smallest absolute Gasteiger partial charge is 0.227 e. The first-order valence-corrected chi connectivity index (χ1v) is 26.3. The molecule has 0 aliphatic carbocycles. The van der Waals surface area contributed by atoms with Crippen molar-refractivity contribution >= 4 is 118 Å². The Morgan fingerprint density at radius 1 is 0.301 bits per heavy atom. The molecule has 0 fully saturated rings. The molecule has 16 aromatic rings. The summed E-state index contributed by atoms with van der Waals surface area (Å²) < 4.78 is 16.9. The summed E-state index contributed by atoms with van der Waals surface area (Å²) in [4.78, 5) is 5.05. The minimum atomic E-state index is 0.610. The van der Waals surface area contributed by atoms with Crippen LogP contribution in [0.4, 0.5) is 0 Å². The van der Waals surface area contributed by atoms with Gasteiger partial charge in [0.05, 0.1) is 22.1 Å². The molecule has 0 aliphatic rings. The van der Waals surface area contributed by atoms with Gasteiger partial charge in [-0.25, -0.2) is 4.98 Å². The number of benzene rings is 11. The molecular weight excluding hydrogens is 927 g/mol. The summed E-state index contributed by atoms with van der Waals surface area (Å²) in [5.41, 5.74) is 16.3. The minimum absolute atomic E-state index is 0.610. The normalized spacial score (nSPS) is 12.1. The number of hydrogen-bond donors (Lipinski definition) is 0. The molecule has 0 saturated heterocycles. The van der Waals surface area contributed by atoms with Crippen LogP contribution < -0.4 is 0 Å². The average Bonchev–Trinajstić information content (AvgIpc) is 4.28. The second-order valence-corrected chi connectivity index (χ2v) is 21.2. The predicted molar refractivity (Wildman–Crippen MR) is 310 cm³/mol. The molecule has 0 spiro atoms. The first-order valence-electron chi connectivity index (χ1n) is 24.7. The fourth-order valence-corrected chi connectivity index (χ4v) is 13.7. The standard InChI is InChI=1S/C67H39N3OS2/c1-2-12-40(13-3-1)67-68-57-29-28-52-54-37-44(25-31-60(54)70(65(52)66(57)71-67)48-17-11-15-42(35-48)46-27-33-64-56(39-46)51-20-6-9-23-62(51)73-64)43-24-30-59-53(36-43)49-18-4-7-21-58(49)69(59)47-16-10-14-41(34-47)45-26-32-63-55(38-45)50-19-5-8-22-61(50)72-63/h1-39H. The molecular formula is C67H39N3OS2. The fraction of sp³-hybridized carbons (Fsp3) is 0. The molecule has 4 nitrogen and oxygen atoms in total. The van der Waals surface area contributed by atoms with Crippen molar-refractivity contribution in [3.63, 3.8) is 0 Å². The maximum atomic E-state index is 6.83. The first kappa shape index (κ1) is 40.6. The monoisotopic (exact) mass is 965 g/mol. The van der Waals surface area contributed by atoms with Crippen LogP contribution in [0.5, 0.6) is 0 Å². The van der Waals surface area contributed by atoms with Gasteiger partial charge in [-0.3, -0.25) is 0 Å². The largest absolute Gasteiger partial charge is 0.434 e. The topological polar surface area (TPSA) is 35.9 Å². The second kappa shape index (κ2) is 15.7. The molecule has 6 heteroatoms. The lowest BCUT2D eigenvalue weighted by Gasteiger charge is -2.12. The van der Waals surface area contributed by atoms with Crippen LogP contribution in [-0.4, -0.2) is 14.1 Å². The zero-order valence-corrected chi connectivity index (χ0v) is 40.7. The summed E-state index contributed by atoms with van der Waals surface area (Å²) in [6, 6.07) is 86.4. The zero-order chi connectivity index (χ0) is 47.7. The summed E-state index contributed by atoms with van der Waals surface area (Å²) in [6.45, 7) is 0. The van der Waals surface area contributed by atoms with Crippen LogP contribution in [0.2, 0.25) is 0 Å². The van der Waals surface area contributed by atoms with Crippen LogP contribution in [0.15, 0.2) is 241 Å². The molecule has 0 unspecified atom stereocenters. The number of fused-ring (bicyclic) bond motifs is 14. The first-order chi connectivity index (χ1) is 36.1. The van der Waals surface area contributed by atoms with E-state index in [1.165, 1.54) is 78.8 Å². The van der Waals surface area contributed by atoms with E-state index < -0.39 is 0 Å². The van der Waals surface area contributed by atoms with E-state index >= 15 is 0 Å². The molecule has 73 heavy (non-hydrogen) atoms. The van der Waals surface area contributed by atoms with Gasteiger partial charge < -0.3 is 13.6 Å². The van der Waals surface area contributed by atoms with Gasteiger partial charge in [0.15, 0.2) is 5.58 Å². The molecule has 0 radical (unpaired) electrons. The van der Waals surface area contributed by atoms with Crippen molar-refractivity contribution in [2.24, 2.45) is 0 Å². The van der Waals surface area contributed by atoms with Crippen molar-refractivity contribution in [2.75, 3.05) is 0 Å². The Hall–Kier alpha value is -9.07. The third kappa shape index (κ3) is 6.28. The van der Waals surface area contributed by atoms with Gasteiger partial charge in [0, 0.05) is 78.8 Å². The summed E-state index contributed by atoms with van der Waals surface area (Å²) in [7, 11) is 0. The molecule has 0 bridgehead atoms. The molecule has 0 atom stereocenters. The number of para-hydroxylation sites is 1. The third-order valence-corrected chi connectivity index (χ3v) is 17.2. The molecule has 0 aliphatic heterocycles. The van der Waals surface area contributed by atoms with E-state index in [9.17, 15) is 0 Å². The van der Waals surface area contributed by atoms with Gasteiger partial charge in [0.2, 0.25) is 5.89 Å². The van der Waals surface area contributed by atoms with Gasteiger partial charge in [-0.2, -0.15) is 0 Å². The Morgan fingerprint density at radius 2 is 0.767 bits per heavy atom. The van der Waals surface area contributed by atoms with E-state index in [-0.39, 0.29) is 0 Å². The van der Waals surface area contributed by atoms with E-state index in [2.05, 4.69) is 228 Å². The van der Waals surface area contributed by atoms with Crippen LogP contribution in [0.1, 0.15) is 0 Å². The maximum Gasteiger partial charge on any atom is 0.227 e. The van der Waals surface area contributed by atoms with Crippen molar-refractivity contribution in [1.29, 1.82) is 0 Å². The average molecular weight is 966 g/mol. The van der Waals surface area contributed by atoms with Crippen molar-refractivity contribution in [3.05, 3.63) is 237 Å². The zero-order valence-electron chi connectivity index (χ0n) is 39.1. The Labute approximate surface area is 426 Å². The van der Waals surface area contributed by atoms with Crippen LogP contribution in [-0.2, 0) is 0 Å². The molecule has 0 saturated carbocycles. The van der Waals surface area contributed by atoms with E-state index in [1.807, 2.05) is 40.9 Å². The Balaban J connectivity index is 0.847. The Bertz CT molecular complexity index is 4930. The highest BCUT2D eigenvalue weighted by atomic mass is 32.1. The second-order valence-electron chi connectivity index (χ2n) is 19.1. The lowest BCUT2D eigenvalue weighted by molar-refractivity contribution is 0.622. The molecule has 0 amide bonds. The summed E-state index contributed by atoms with van der Waals surface area (Å²) in [6.07, 6.45) is 0. The number of hydrogen-bond acceptors (Lipinski definition) is 4. The van der Waals surface area contributed by atoms with E-state index in [4.69, 9.17) is 9.40 Å². The van der Waals surface area contributed by atoms with Crippen molar-refractivity contribution in [1.82, 2.24) is 14.1 Å². The highest BCUT2D eigenvalue weighted by Gasteiger charge is 2.22. The minimum Gasteiger partial charge on any atom is -0.434 e. The Morgan fingerprint density at radius 3 is 1.41 bits per heavy atom. The highest BCUT2D eigenvalue weighted by molar-refractivity contribution is 7.26. The molecule has 16 rings (SSSR count). The number of aromatic nitrogens is 3. The van der Waals surface area contributed by atoms with Crippen LogP contribution in [0, 0.1) is 0 Å². The third-order valence-electron chi connectivity index (χ3n) is 14.9. The van der Waals surface area contributed by atoms with Crippen molar-refractivity contribution in [2.45, 2.75) is 0 Å². The van der Waals surface area contributed by atoms with Gasteiger partial charge in [-0.05, 0) is 149 Å². The van der Waals surface area contributed by atoms with Gasteiger partial charge >= 0.3 is 0 Å². The van der Waals surface area contributed by atoms with Crippen molar-refractivity contribution in [3.8, 4) is 56.2 Å². The SMILES string of the molecule is c1ccc(-c2nc3ccc4c5cc(-c6ccc7c(c6)c6ccccc6n7-c6cccc(-c7ccc8sc9ccccc9c8c7)c6)ccc5n(-c5cccc(-c6ccc7sc8ccccc8c7c6)c5)c4c3o2)cc1. The number of nitrogens with zero attached hydrogens (tertiary/aromatic N) is 3. The quantitative estimate of drug-likeness (QED) is 0.166. The lowest BCUT2D eigenvalue weighted by Crippen LogP contribution is -1.95. The van der Waals surface area contributed by atoms with Gasteiger partial charge in [0.25, 0.3) is 0 Å². The molecule has 340 valence electrons. The molecule has 5 heterocycles. The number of oxazole rings is 1. The van der Waals surface area contributed by atoms with Crippen molar-refractivity contribution < 1.29 is 4.42 Å². The molecule has 5 aromatic heterocycles. The highest BCUT2D eigenvalue weighted by Crippen LogP contribution is 2.44. The van der Waals surface area contributed by atoms with Crippen LogP contribution >= 0.6 is 22.7 Å². The lowest BCUT2D eigenvalue weighted by atomic mass is 10.0. The number of rotatable bonds is 6. The van der Waals surface area contributed by atoms with Gasteiger partial charge in [-0.15, -0.1) is 22.7 Å². The summed E-state index contributed by atoms with van der Waals surface area (Å²) in [5.74, 6) is 0.610. The van der Waals surface area contributed by atoms with E-state index in [0.717, 1.165) is 66.5 Å². The summed E-state index contributed by atoms with van der Waals surface area (Å²) in [5, 5.41) is 9.92. The molecule has 11 aromatic carbocycles. The van der Waals surface area contributed by atoms with E-state index in [0.29, 0.717) is 5.89 Å².